The molecule has 0 bridgehead atoms. The van der Waals surface area contributed by atoms with Crippen molar-refractivity contribution in [2.45, 2.75) is 12.5 Å². The first-order valence-corrected chi connectivity index (χ1v) is 10.6. The Morgan fingerprint density at radius 1 is 1.03 bits per heavy atom. The molecule has 5 rings (SSSR count). The van der Waals surface area contributed by atoms with E-state index in [4.69, 9.17) is 4.74 Å². The van der Waals surface area contributed by atoms with Crippen LogP contribution in [0.4, 0.5) is 4.79 Å². The third kappa shape index (κ3) is 4.18. The highest BCUT2D eigenvalue weighted by Crippen LogP contribution is 2.27. The SMILES string of the molecule is O=C(O)N[C@H](COc1cncc(-c2ccc3c(c2)C(=O)NC3=O)c1)Cc1c[nH]c2ccccc12. The summed E-state index contributed by atoms with van der Waals surface area (Å²) in [5, 5.41) is 15.1. The van der Waals surface area contributed by atoms with Crippen molar-refractivity contribution in [1.82, 2.24) is 20.6 Å². The second kappa shape index (κ2) is 8.70. The van der Waals surface area contributed by atoms with Gasteiger partial charge in [0, 0.05) is 28.9 Å². The number of nitrogens with zero attached hydrogens (tertiary/aromatic N) is 1. The van der Waals surface area contributed by atoms with Crippen molar-refractivity contribution in [3.05, 3.63) is 83.8 Å². The first-order valence-electron chi connectivity index (χ1n) is 10.6. The smallest absolute Gasteiger partial charge is 0.405 e. The van der Waals surface area contributed by atoms with E-state index in [-0.39, 0.29) is 6.61 Å². The molecule has 0 fully saturated rings. The van der Waals surface area contributed by atoms with Gasteiger partial charge < -0.3 is 20.1 Å². The lowest BCUT2D eigenvalue weighted by molar-refractivity contribution is 0.0879. The summed E-state index contributed by atoms with van der Waals surface area (Å²) >= 11 is 0. The summed E-state index contributed by atoms with van der Waals surface area (Å²) < 4.78 is 5.89. The molecule has 9 nitrogen and oxygen atoms in total. The van der Waals surface area contributed by atoms with Crippen LogP contribution < -0.4 is 15.4 Å². The number of hydrogen-bond acceptors (Lipinski definition) is 5. The Labute approximate surface area is 193 Å². The van der Waals surface area contributed by atoms with E-state index in [1.165, 1.54) is 6.20 Å². The second-order valence-electron chi connectivity index (χ2n) is 7.97. The van der Waals surface area contributed by atoms with Crippen LogP contribution in [-0.4, -0.2) is 45.6 Å². The van der Waals surface area contributed by atoms with Crippen LogP contribution in [0.3, 0.4) is 0 Å². The molecular formula is C25H20N4O5. The molecule has 2 aromatic carbocycles. The Morgan fingerprint density at radius 2 is 1.85 bits per heavy atom. The van der Waals surface area contributed by atoms with Crippen molar-refractivity contribution in [2.24, 2.45) is 0 Å². The average Bonchev–Trinajstić information content (AvgIpc) is 3.37. The van der Waals surface area contributed by atoms with Crippen LogP contribution >= 0.6 is 0 Å². The molecule has 3 amide bonds. The highest BCUT2D eigenvalue weighted by Gasteiger charge is 2.26. The number of carbonyl (C=O) groups excluding carboxylic acids is 2. The average molecular weight is 456 g/mol. The molecular weight excluding hydrogens is 436 g/mol. The number of amides is 3. The van der Waals surface area contributed by atoms with Gasteiger partial charge in [-0.3, -0.25) is 19.9 Å². The van der Waals surface area contributed by atoms with Crippen molar-refractivity contribution in [2.75, 3.05) is 6.61 Å². The molecule has 0 spiro atoms. The predicted molar refractivity (Wildman–Crippen MR) is 124 cm³/mol. The largest absolute Gasteiger partial charge is 0.490 e. The molecule has 9 heteroatoms. The molecule has 0 aliphatic carbocycles. The van der Waals surface area contributed by atoms with Crippen molar-refractivity contribution >= 4 is 28.8 Å². The van der Waals surface area contributed by atoms with Gasteiger partial charge in [-0.2, -0.15) is 0 Å². The molecule has 0 unspecified atom stereocenters. The molecule has 170 valence electrons. The number of hydrogen-bond donors (Lipinski definition) is 4. The number of rotatable bonds is 7. The lowest BCUT2D eigenvalue weighted by atomic mass is 10.0. The first kappa shape index (κ1) is 21.2. The number of aromatic nitrogens is 2. The van der Waals surface area contributed by atoms with Crippen LogP contribution in [0.25, 0.3) is 22.0 Å². The summed E-state index contributed by atoms with van der Waals surface area (Å²) in [6.07, 6.45) is 4.35. The summed E-state index contributed by atoms with van der Waals surface area (Å²) in [7, 11) is 0. The number of H-pyrrole nitrogens is 1. The van der Waals surface area contributed by atoms with E-state index in [0.717, 1.165) is 16.5 Å². The third-order valence-electron chi connectivity index (χ3n) is 5.70. The third-order valence-corrected chi connectivity index (χ3v) is 5.70. The molecule has 1 aliphatic rings. The quantitative estimate of drug-likeness (QED) is 0.315. The van der Waals surface area contributed by atoms with E-state index in [1.807, 2.05) is 30.5 Å². The Morgan fingerprint density at radius 3 is 2.71 bits per heavy atom. The van der Waals surface area contributed by atoms with Gasteiger partial charge in [0.05, 0.1) is 23.4 Å². The van der Waals surface area contributed by atoms with Gasteiger partial charge in [-0.1, -0.05) is 24.3 Å². The molecule has 3 heterocycles. The van der Waals surface area contributed by atoms with Gasteiger partial charge in [0.25, 0.3) is 11.8 Å². The summed E-state index contributed by atoms with van der Waals surface area (Å²) in [5.74, 6) is -0.384. The fraction of sp³-hybridized carbons (Fsp3) is 0.120. The molecule has 1 atom stereocenters. The summed E-state index contributed by atoms with van der Waals surface area (Å²) in [6.45, 7) is 0.0953. The fourth-order valence-corrected chi connectivity index (χ4v) is 4.09. The molecule has 4 aromatic rings. The zero-order valence-electron chi connectivity index (χ0n) is 17.9. The minimum Gasteiger partial charge on any atom is -0.490 e. The molecule has 0 radical (unpaired) electrons. The maximum Gasteiger partial charge on any atom is 0.405 e. The maximum absolute atomic E-state index is 12.0. The molecule has 34 heavy (non-hydrogen) atoms. The van der Waals surface area contributed by atoms with Gasteiger partial charge >= 0.3 is 6.09 Å². The van der Waals surface area contributed by atoms with E-state index >= 15 is 0 Å². The number of benzene rings is 2. The zero-order valence-corrected chi connectivity index (χ0v) is 17.9. The standard InChI is InChI=1S/C25H20N4O5/c30-23-20-6-5-14(9-21(20)24(31)29-23)15-8-18(12-26-10-15)34-13-17(28-25(32)33)7-16-11-27-22-4-2-1-3-19(16)22/h1-6,8-12,17,27-28H,7,13H2,(H,32,33)(H,29,30,31)/t17-/m0/s1. The number of fused-ring (bicyclic) bond motifs is 2. The van der Waals surface area contributed by atoms with Gasteiger partial charge in [-0.15, -0.1) is 0 Å². The minimum atomic E-state index is -1.13. The number of nitrogens with one attached hydrogen (secondary N) is 3. The Balaban J connectivity index is 1.33. The lowest BCUT2D eigenvalue weighted by Crippen LogP contribution is -2.39. The Kier molecular flexibility index (Phi) is 5.43. The van der Waals surface area contributed by atoms with Crippen molar-refractivity contribution in [1.29, 1.82) is 0 Å². The summed E-state index contributed by atoms with van der Waals surface area (Å²) in [5.41, 5.74) is 4.03. The van der Waals surface area contributed by atoms with E-state index in [9.17, 15) is 19.5 Å². The van der Waals surface area contributed by atoms with Crippen LogP contribution in [-0.2, 0) is 6.42 Å². The first-order chi connectivity index (χ1) is 16.5. The van der Waals surface area contributed by atoms with Crippen molar-refractivity contribution < 1.29 is 24.2 Å². The lowest BCUT2D eigenvalue weighted by Gasteiger charge is -2.18. The fourth-order valence-electron chi connectivity index (χ4n) is 4.09. The van der Waals surface area contributed by atoms with Crippen LogP contribution in [0.1, 0.15) is 26.3 Å². The van der Waals surface area contributed by atoms with Gasteiger partial charge in [-0.25, -0.2) is 4.79 Å². The Hall–Kier alpha value is -4.66. The van der Waals surface area contributed by atoms with Crippen LogP contribution in [0.2, 0.25) is 0 Å². The van der Waals surface area contributed by atoms with E-state index < -0.39 is 23.9 Å². The molecule has 0 saturated heterocycles. The van der Waals surface area contributed by atoms with E-state index in [0.29, 0.717) is 34.4 Å². The van der Waals surface area contributed by atoms with Crippen molar-refractivity contribution in [3.8, 4) is 16.9 Å². The van der Waals surface area contributed by atoms with Crippen LogP contribution in [0, 0.1) is 0 Å². The second-order valence-corrected chi connectivity index (χ2v) is 7.97. The predicted octanol–water partition coefficient (Wildman–Crippen LogP) is 3.37. The minimum absolute atomic E-state index is 0.0953. The van der Waals surface area contributed by atoms with E-state index in [2.05, 4.69) is 20.6 Å². The van der Waals surface area contributed by atoms with Gasteiger partial charge in [-0.05, 0) is 41.8 Å². The number of pyridine rings is 1. The number of para-hydroxylation sites is 1. The zero-order chi connectivity index (χ0) is 23.7. The number of carbonyl (C=O) groups is 3. The molecule has 4 N–H and O–H groups in total. The monoisotopic (exact) mass is 456 g/mol. The number of imide groups is 1. The summed E-state index contributed by atoms with van der Waals surface area (Å²) in [6, 6.07) is 14.1. The van der Waals surface area contributed by atoms with Gasteiger partial charge in [0.1, 0.15) is 12.4 Å². The molecule has 2 aromatic heterocycles. The van der Waals surface area contributed by atoms with Crippen molar-refractivity contribution in [3.63, 3.8) is 0 Å². The summed E-state index contributed by atoms with van der Waals surface area (Å²) in [4.78, 5) is 42.5. The highest BCUT2D eigenvalue weighted by atomic mass is 16.5. The van der Waals surface area contributed by atoms with E-state index in [1.54, 1.807) is 30.5 Å². The van der Waals surface area contributed by atoms with Crippen LogP contribution in [0.5, 0.6) is 5.75 Å². The van der Waals surface area contributed by atoms with Crippen LogP contribution in [0.15, 0.2) is 67.1 Å². The highest BCUT2D eigenvalue weighted by molar-refractivity contribution is 6.21. The van der Waals surface area contributed by atoms with Gasteiger partial charge in [0.15, 0.2) is 0 Å². The number of aromatic amines is 1. The molecule has 0 saturated carbocycles. The molecule has 1 aliphatic heterocycles. The number of ether oxygens (including phenoxy) is 1. The Bertz CT molecular complexity index is 1430. The number of carboxylic acid groups (broad SMARTS) is 1. The topological polar surface area (TPSA) is 133 Å². The normalized spacial score (nSPS) is 13.4. The van der Waals surface area contributed by atoms with Gasteiger partial charge in [0.2, 0.25) is 0 Å². The maximum atomic E-state index is 12.0.